The van der Waals surface area contributed by atoms with Crippen LogP contribution < -0.4 is 4.74 Å². The number of benzene rings is 2. The molecule has 1 aliphatic heterocycles. The van der Waals surface area contributed by atoms with Gasteiger partial charge in [0.2, 0.25) is 0 Å². The van der Waals surface area contributed by atoms with Crippen molar-refractivity contribution < 1.29 is 9.53 Å². The van der Waals surface area contributed by atoms with Crippen LogP contribution in [0.15, 0.2) is 42.5 Å². The normalized spacial score (nSPS) is 13.2. The zero-order chi connectivity index (χ0) is 13.9. The average Bonchev–Trinajstić information content (AvgIpc) is 2.63. The highest BCUT2D eigenvalue weighted by Gasteiger charge is 2.21. The molecule has 102 valence electrons. The minimum absolute atomic E-state index is 0.0424. The first kappa shape index (κ1) is 13.2. The van der Waals surface area contributed by atoms with Crippen molar-refractivity contribution in [3.05, 3.63) is 64.7 Å². The van der Waals surface area contributed by atoms with Crippen LogP contribution >= 0.6 is 11.6 Å². The summed E-state index contributed by atoms with van der Waals surface area (Å²) in [5.41, 5.74) is 3.46. The fraction of sp³-hybridized carbons (Fsp3) is 0.235. The maximum absolute atomic E-state index is 12.6. The van der Waals surface area contributed by atoms with Gasteiger partial charge in [0, 0.05) is 17.0 Å². The van der Waals surface area contributed by atoms with Gasteiger partial charge in [-0.25, -0.2) is 0 Å². The highest BCUT2D eigenvalue weighted by Crippen LogP contribution is 2.29. The molecule has 0 N–H and O–H groups in total. The minimum Gasteiger partial charge on any atom is -0.488 e. The summed E-state index contributed by atoms with van der Waals surface area (Å²) in [6, 6.07) is 13.5. The van der Waals surface area contributed by atoms with E-state index in [0.717, 1.165) is 29.5 Å². The van der Waals surface area contributed by atoms with E-state index in [1.165, 1.54) is 0 Å². The Labute approximate surface area is 123 Å². The molecule has 0 saturated heterocycles. The minimum atomic E-state index is 0.0424. The molecule has 0 aliphatic carbocycles. The van der Waals surface area contributed by atoms with Crippen LogP contribution in [0.4, 0.5) is 0 Å². The van der Waals surface area contributed by atoms with Crippen LogP contribution in [0.5, 0.6) is 5.75 Å². The Bertz CT molecular complexity index is 649. The van der Waals surface area contributed by atoms with Crippen LogP contribution in [0.3, 0.4) is 0 Å². The molecule has 2 aromatic rings. The smallest absolute Gasteiger partial charge is 0.197 e. The van der Waals surface area contributed by atoms with E-state index in [4.69, 9.17) is 16.3 Å². The molecule has 0 bridgehead atoms. The standard InChI is InChI=1S/C17H15ClO2/c18-9-3-4-12-7-8-16-15(10-12)17(19)14-6-2-1-5-13(14)11-20-16/h1-2,5-8,10H,3-4,9,11H2. The number of fused-ring (bicyclic) bond motifs is 2. The van der Waals surface area contributed by atoms with E-state index in [-0.39, 0.29) is 5.78 Å². The molecule has 1 heterocycles. The lowest BCUT2D eigenvalue weighted by Crippen LogP contribution is -2.03. The molecule has 0 aromatic heterocycles. The first-order valence-electron chi connectivity index (χ1n) is 6.74. The molecule has 2 aromatic carbocycles. The summed E-state index contributed by atoms with van der Waals surface area (Å²) >= 11 is 5.72. The van der Waals surface area contributed by atoms with Crippen molar-refractivity contribution in [2.24, 2.45) is 0 Å². The average molecular weight is 287 g/mol. The number of carbonyl (C=O) groups excluding carboxylic acids is 1. The number of rotatable bonds is 3. The molecule has 0 fully saturated rings. The number of alkyl halides is 1. The van der Waals surface area contributed by atoms with Crippen LogP contribution in [0.1, 0.15) is 33.5 Å². The number of ketones is 1. The third-order valence-electron chi connectivity index (χ3n) is 3.53. The zero-order valence-electron chi connectivity index (χ0n) is 11.1. The number of ether oxygens (including phenoxy) is 1. The van der Waals surface area contributed by atoms with Crippen molar-refractivity contribution in [1.29, 1.82) is 0 Å². The molecule has 3 rings (SSSR count). The molecule has 2 nitrogen and oxygen atoms in total. The second-order valence-corrected chi connectivity index (χ2v) is 5.28. The summed E-state index contributed by atoms with van der Waals surface area (Å²) in [5, 5.41) is 0. The van der Waals surface area contributed by atoms with Gasteiger partial charge in [-0.15, -0.1) is 11.6 Å². The highest BCUT2D eigenvalue weighted by atomic mass is 35.5. The number of carbonyl (C=O) groups is 1. The third kappa shape index (κ3) is 2.44. The monoisotopic (exact) mass is 286 g/mol. The fourth-order valence-electron chi connectivity index (χ4n) is 2.48. The lowest BCUT2D eigenvalue weighted by atomic mass is 9.97. The molecule has 0 unspecified atom stereocenters. The van der Waals surface area contributed by atoms with Gasteiger partial charge in [0.1, 0.15) is 12.4 Å². The van der Waals surface area contributed by atoms with Gasteiger partial charge in [-0.05, 0) is 30.5 Å². The molecule has 0 atom stereocenters. The maximum atomic E-state index is 12.6. The molecule has 1 aliphatic rings. The van der Waals surface area contributed by atoms with Gasteiger partial charge in [-0.3, -0.25) is 4.79 Å². The van der Waals surface area contributed by atoms with Crippen molar-refractivity contribution in [2.45, 2.75) is 19.4 Å². The van der Waals surface area contributed by atoms with Crippen molar-refractivity contribution in [3.63, 3.8) is 0 Å². The largest absolute Gasteiger partial charge is 0.488 e. The van der Waals surface area contributed by atoms with Crippen LogP contribution in [-0.2, 0) is 13.0 Å². The number of hydrogen-bond acceptors (Lipinski definition) is 2. The molecule has 3 heteroatoms. The Morgan fingerprint density at radius 2 is 1.95 bits per heavy atom. The van der Waals surface area contributed by atoms with Gasteiger partial charge >= 0.3 is 0 Å². The van der Waals surface area contributed by atoms with E-state index >= 15 is 0 Å². The van der Waals surface area contributed by atoms with Gasteiger partial charge in [0.05, 0.1) is 5.56 Å². The summed E-state index contributed by atoms with van der Waals surface area (Å²) in [4.78, 5) is 12.6. The lowest BCUT2D eigenvalue weighted by Gasteiger charge is -2.08. The zero-order valence-corrected chi connectivity index (χ0v) is 11.8. The van der Waals surface area contributed by atoms with Crippen molar-refractivity contribution >= 4 is 17.4 Å². The van der Waals surface area contributed by atoms with E-state index < -0.39 is 0 Å². The van der Waals surface area contributed by atoms with Crippen molar-refractivity contribution in [3.8, 4) is 5.75 Å². The van der Waals surface area contributed by atoms with Crippen LogP contribution in [-0.4, -0.2) is 11.7 Å². The third-order valence-corrected chi connectivity index (χ3v) is 3.80. The van der Waals surface area contributed by atoms with E-state index in [2.05, 4.69) is 0 Å². The lowest BCUT2D eigenvalue weighted by molar-refractivity contribution is 0.103. The summed E-state index contributed by atoms with van der Waals surface area (Å²) in [7, 11) is 0. The maximum Gasteiger partial charge on any atom is 0.197 e. The number of halogens is 1. The molecule has 0 saturated carbocycles. The Kier molecular flexibility index (Phi) is 3.75. The second kappa shape index (κ2) is 5.68. The van der Waals surface area contributed by atoms with E-state index in [1.54, 1.807) is 0 Å². The van der Waals surface area contributed by atoms with Crippen LogP contribution in [0.25, 0.3) is 0 Å². The van der Waals surface area contributed by atoms with Gasteiger partial charge < -0.3 is 4.74 Å². The fourth-order valence-corrected chi connectivity index (χ4v) is 2.61. The highest BCUT2D eigenvalue weighted by molar-refractivity contribution is 6.17. The predicted octanol–water partition coefficient (Wildman–Crippen LogP) is 3.98. The van der Waals surface area contributed by atoms with E-state index in [9.17, 15) is 4.79 Å². The number of aryl methyl sites for hydroxylation is 1. The Balaban J connectivity index is 2.02. The van der Waals surface area contributed by atoms with E-state index in [1.807, 2.05) is 42.5 Å². The number of hydrogen-bond donors (Lipinski definition) is 0. The first-order valence-corrected chi connectivity index (χ1v) is 7.27. The SMILES string of the molecule is O=C1c2ccccc2COc2ccc(CCCCl)cc21. The molecule has 0 radical (unpaired) electrons. The van der Waals surface area contributed by atoms with Gasteiger partial charge in [0.15, 0.2) is 5.78 Å². The molecule has 20 heavy (non-hydrogen) atoms. The second-order valence-electron chi connectivity index (χ2n) is 4.90. The van der Waals surface area contributed by atoms with Crippen LogP contribution in [0, 0.1) is 0 Å². The molecular formula is C17H15ClO2. The van der Waals surface area contributed by atoms with Crippen molar-refractivity contribution in [2.75, 3.05) is 5.88 Å². The van der Waals surface area contributed by atoms with Gasteiger partial charge in [0.25, 0.3) is 0 Å². The van der Waals surface area contributed by atoms with Crippen molar-refractivity contribution in [1.82, 2.24) is 0 Å². The first-order chi connectivity index (χ1) is 9.79. The summed E-state index contributed by atoms with van der Waals surface area (Å²) in [6.07, 6.45) is 1.79. The summed E-state index contributed by atoms with van der Waals surface area (Å²) < 4.78 is 5.76. The quantitative estimate of drug-likeness (QED) is 0.798. The van der Waals surface area contributed by atoms with E-state index in [0.29, 0.717) is 23.8 Å². The Morgan fingerprint density at radius 1 is 1.10 bits per heavy atom. The van der Waals surface area contributed by atoms with Gasteiger partial charge in [-0.1, -0.05) is 30.3 Å². The summed E-state index contributed by atoms with van der Waals surface area (Å²) in [5.74, 6) is 1.34. The van der Waals surface area contributed by atoms with Crippen LogP contribution in [0.2, 0.25) is 0 Å². The molecular weight excluding hydrogens is 272 g/mol. The Hall–Kier alpha value is -1.80. The topological polar surface area (TPSA) is 26.3 Å². The molecule has 0 spiro atoms. The predicted molar refractivity (Wildman–Crippen MR) is 79.7 cm³/mol. The molecule has 0 amide bonds. The summed E-state index contributed by atoms with van der Waals surface area (Å²) in [6.45, 7) is 0.440. The van der Waals surface area contributed by atoms with Gasteiger partial charge in [-0.2, -0.15) is 0 Å². The Morgan fingerprint density at radius 3 is 2.80 bits per heavy atom.